The Labute approximate surface area is 144 Å². The van der Waals surface area contributed by atoms with Gasteiger partial charge in [0.05, 0.1) is 11.7 Å². The van der Waals surface area contributed by atoms with Gasteiger partial charge in [-0.05, 0) is 52.5 Å². The topological polar surface area (TPSA) is 58.2 Å². The van der Waals surface area contributed by atoms with Crippen LogP contribution in [0.25, 0.3) is 0 Å². The van der Waals surface area contributed by atoms with Crippen molar-refractivity contribution in [3.8, 4) is 0 Å². The SMILES string of the molecule is CCc1ccc(C(C)NC(=O)C(=O)Nc2ccccc2Br)cc1. The molecule has 0 aromatic heterocycles. The van der Waals surface area contributed by atoms with E-state index >= 15 is 0 Å². The van der Waals surface area contributed by atoms with Crippen molar-refractivity contribution in [2.75, 3.05) is 5.32 Å². The number of anilines is 1. The molecule has 0 fully saturated rings. The molecule has 1 atom stereocenters. The van der Waals surface area contributed by atoms with Crippen LogP contribution in [0.15, 0.2) is 53.0 Å². The van der Waals surface area contributed by atoms with E-state index in [1.807, 2.05) is 37.3 Å². The first-order chi connectivity index (χ1) is 11.0. The molecule has 1 unspecified atom stereocenters. The zero-order chi connectivity index (χ0) is 16.8. The van der Waals surface area contributed by atoms with Crippen LogP contribution in [0.4, 0.5) is 5.69 Å². The van der Waals surface area contributed by atoms with Crippen LogP contribution in [-0.2, 0) is 16.0 Å². The van der Waals surface area contributed by atoms with Gasteiger partial charge in [-0.1, -0.05) is 43.3 Å². The van der Waals surface area contributed by atoms with E-state index in [1.165, 1.54) is 5.56 Å². The molecule has 4 nitrogen and oxygen atoms in total. The zero-order valence-electron chi connectivity index (χ0n) is 13.1. The third-order valence-corrected chi connectivity index (χ3v) is 4.26. The molecular weight excluding hydrogens is 356 g/mol. The Balaban J connectivity index is 1.97. The molecule has 0 saturated heterocycles. The van der Waals surface area contributed by atoms with E-state index in [2.05, 4.69) is 33.5 Å². The molecule has 0 aliphatic carbocycles. The fourth-order valence-corrected chi connectivity index (χ4v) is 2.51. The Morgan fingerprint density at radius 3 is 2.30 bits per heavy atom. The van der Waals surface area contributed by atoms with Crippen LogP contribution in [0, 0.1) is 0 Å². The summed E-state index contributed by atoms with van der Waals surface area (Å²) in [6.45, 7) is 3.94. The van der Waals surface area contributed by atoms with Gasteiger partial charge in [-0.15, -0.1) is 0 Å². The highest BCUT2D eigenvalue weighted by atomic mass is 79.9. The van der Waals surface area contributed by atoms with Crippen LogP contribution in [0.2, 0.25) is 0 Å². The molecule has 0 spiro atoms. The van der Waals surface area contributed by atoms with Crippen LogP contribution >= 0.6 is 15.9 Å². The van der Waals surface area contributed by atoms with E-state index in [0.29, 0.717) is 5.69 Å². The molecule has 2 N–H and O–H groups in total. The molecule has 5 heteroatoms. The van der Waals surface area contributed by atoms with Gasteiger partial charge in [0.2, 0.25) is 0 Å². The van der Waals surface area contributed by atoms with Crippen molar-refractivity contribution in [3.63, 3.8) is 0 Å². The number of carbonyl (C=O) groups is 2. The number of halogens is 1. The number of carbonyl (C=O) groups excluding carboxylic acids is 2. The highest BCUT2D eigenvalue weighted by Gasteiger charge is 2.17. The molecule has 0 aliphatic heterocycles. The Bertz CT molecular complexity index is 698. The van der Waals surface area contributed by atoms with Crippen LogP contribution in [0.5, 0.6) is 0 Å². The number of benzene rings is 2. The van der Waals surface area contributed by atoms with E-state index in [1.54, 1.807) is 18.2 Å². The second-order valence-corrected chi connectivity index (χ2v) is 6.08. The van der Waals surface area contributed by atoms with Crippen molar-refractivity contribution in [2.24, 2.45) is 0 Å². The number of hydrogen-bond donors (Lipinski definition) is 2. The van der Waals surface area contributed by atoms with Gasteiger partial charge in [-0.2, -0.15) is 0 Å². The minimum absolute atomic E-state index is 0.238. The molecule has 2 aromatic rings. The first-order valence-corrected chi connectivity index (χ1v) is 8.25. The highest BCUT2D eigenvalue weighted by molar-refractivity contribution is 9.10. The average molecular weight is 375 g/mol. The van der Waals surface area contributed by atoms with Crippen molar-refractivity contribution in [1.29, 1.82) is 0 Å². The Morgan fingerprint density at radius 1 is 1.04 bits per heavy atom. The van der Waals surface area contributed by atoms with E-state index in [-0.39, 0.29) is 6.04 Å². The summed E-state index contributed by atoms with van der Waals surface area (Å²) in [7, 11) is 0. The van der Waals surface area contributed by atoms with Crippen molar-refractivity contribution < 1.29 is 9.59 Å². The summed E-state index contributed by atoms with van der Waals surface area (Å²) < 4.78 is 0.726. The number of para-hydroxylation sites is 1. The van der Waals surface area contributed by atoms with Crippen molar-refractivity contribution in [3.05, 3.63) is 64.1 Å². The average Bonchev–Trinajstić information content (AvgIpc) is 2.56. The number of amides is 2. The normalized spacial score (nSPS) is 11.6. The first-order valence-electron chi connectivity index (χ1n) is 7.46. The lowest BCUT2D eigenvalue weighted by molar-refractivity contribution is -0.136. The van der Waals surface area contributed by atoms with Gasteiger partial charge in [-0.25, -0.2) is 0 Å². The molecule has 0 saturated carbocycles. The lowest BCUT2D eigenvalue weighted by Crippen LogP contribution is -2.37. The van der Waals surface area contributed by atoms with E-state index < -0.39 is 11.8 Å². The van der Waals surface area contributed by atoms with Crippen molar-refractivity contribution in [2.45, 2.75) is 26.3 Å². The van der Waals surface area contributed by atoms with Crippen molar-refractivity contribution >= 4 is 33.4 Å². The van der Waals surface area contributed by atoms with Gasteiger partial charge in [-0.3, -0.25) is 9.59 Å². The van der Waals surface area contributed by atoms with Crippen molar-refractivity contribution in [1.82, 2.24) is 5.32 Å². The fraction of sp³-hybridized carbons (Fsp3) is 0.222. The van der Waals surface area contributed by atoms with Gasteiger partial charge in [0.25, 0.3) is 0 Å². The largest absolute Gasteiger partial charge is 0.341 e. The number of rotatable bonds is 4. The predicted octanol–water partition coefficient (Wildman–Crippen LogP) is 3.83. The lowest BCUT2D eigenvalue weighted by atomic mass is 10.1. The van der Waals surface area contributed by atoms with Gasteiger partial charge in [0, 0.05) is 4.47 Å². The van der Waals surface area contributed by atoms with Crippen LogP contribution < -0.4 is 10.6 Å². The van der Waals surface area contributed by atoms with Gasteiger partial charge in [0.1, 0.15) is 0 Å². The summed E-state index contributed by atoms with van der Waals surface area (Å²) in [5, 5.41) is 5.29. The van der Waals surface area contributed by atoms with Crippen LogP contribution in [0.1, 0.15) is 31.0 Å². The Hall–Kier alpha value is -2.14. The Morgan fingerprint density at radius 2 is 1.70 bits per heavy atom. The molecule has 23 heavy (non-hydrogen) atoms. The molecule has 2 rings (SSSR count). The molecule has 120 valence electrons. The van der Waals surface area contributed by atoms with E-state index in [9.17, 15) is 9.59 Å². The summed E-state index contributed by atoms with van der Waals surface area (Å²) in [6.07, 6.45) is 0.968. The standard InChI is InChI=1S/C18H19BrN2O2/c1-3-13-8-10-14(11-9-13)12(2)20-17(22)18(23)21-16-7-5-4-6-15(16)19/h4-12H,3H2,1-2H3,(H,20,22)(H,21,23). The molecule has 2 aromatic carbocycles. The van der Waals surface area contributed by atoms with Gasteiger partial charge >= 0.3 is 11.8 Å². The molecule has 0 aliphatic rings. The predicted molar refractivity (Wildman–Crippen MR) is 95.1 cm³/mol. The monoisotopic (exact) mass is 374 g/mol. The molecule has 0 heterocycles. The minimum atomic E-state index is -0.686. The van der Waals surface area contributed by atoms with E-state index in [4.69, 9.17) is 0 Å². The fourth-order valence-electron chi connectivity index (χ4n) is 2.13. The minimum Gasteiger partial charge on any atom is -0.341 e. The second kappa shape index (κ2) is 7.92. The Kier molecular flexibility index (Phi) is 5.93. The number of hydrogen-bond acceptors (Lipinski definition) is 2. The summed E-state index contributed by atoms with van der Waals surface area (Å²) in [4.78, 5) is 24.0. The third-order valence-electron chi connectivity index (χ3n) is 3.56. The highest BCUT2D eigenvalue weighted by Crippen LogP contribution is 2.21. The maximum atomic E-state index is 12.0. The van der Waals surface area contributed by atoms with Gasteiger partial charge < -0.3 is 10.6 Å². The molecule has 2 amide bonds. The van der Waals surface area contributed by atoms with Gasteiger partial charge in [0.15, 0.2) is 0 Å². The number of nitrogens with one attached hydrogen (secondary N) is 2. The molecule has 0 radical (unpaired) electrons. The summed E-state index contributed by atoms with van der Waals surface area (Å²) in [6, 6.07) is 14.9. The molecular formula is C18H19BrN2O2. The summed E-state index contributed by atoms with van der Waals surface area (Å²) in [5.74, 6) is -1.35. The maximum Gasteiger partial charge on any atom is 0.313 e. The lowest BCUT2D eigenvalue weighted by Gasteiger charge is -2.15. The van der Waals surface area contributed by atoms with E-state index in [0.717, 1.165) is 16.5 Å². The quantitative estimate of drug-likeness (QED) is 0.798. The van der Waals surface area contributed by atoms with Crippen LogP contribution in [-0.4, -0.2) is 11.8 Å². The number of aryl methyl sites for hydroxylation is 1. The smallest absolute Gasteiger partial charge is 0.313 e. The zero-order valence-corrected chi connectivity index (χ0v) is 14.7. The second-order valence-electron chi connectivity index (χ2n) is 5.22. The third kappa shape index (κ3) is 4.66. The molecule has 0 bridgehead atoms. The van der Waals surface area contributed by atoms with Crippen LogP contribution in [0.3, 0.4) is 0 Å². The summed E-state index contributed by atoms with van der Waals surface area (Å²) in [5.41, 5.74) is 2.76. The first kappa shape index (κ1) is 17.2. The maximum absolute atomic E-state index is 12.0. The summed E-state index contributed by atoms with van der Waals surface area (Å²) >= 11 is 3.33.